The van der Waals surface area contributed by atoms with Crippen molar-refractivity contribution in [2.45, 2.75) is 6.18 Å². The van der Waals surface area contributed by atoms with Gasteiger partial charge in [-0.05, 0) is 0 Å². The molecule has 0 unspecified atom stereocenters. The lowest BCUT2D eigenvalue weighted by Gasteiger charge is -2.35. The first-order chi connectivity index (χ1) is 8.92. The Morgan fingerprint density at radius 1 is 1.26 bits per heavy atom. The van der Waals surface area contributed by atoms with Crippen LogP contribution < -0.4 is 5.32 Å². The summed E-state index contributed by atoms with van der Waals surface area (Å²) in [6.45, 7) is 1.63. The molecule has 112 valence electrons. The molecule has 1 saturated heterocycles. The normalized spacial score (nSPS) is 17.8. The van der Waals surface area contributed by atoms with Gasteiger partial charge in [-0.1, -0.05) is 0 Å². The molecular weight excluding hydrogens is 263 g/mol. The van der Waals surface area contributed by atoms with Gasteiger partial charge >= 0.3 is 6.18 Å². The Balaban J connectivity index is 2.20. The van der Waals surface area contributed by atoms with E-state index in [1.807, 2.05) is 0 Å². The molecule has 0 aromatic carbocycles. The topological polar surface area (TPSA) is 44.8 Å². The fourth-order valence-corrected chi connectivity index (χ4v) is 1.89. The summed E-state index contributed by atoms with van der Waals surface area (Å²) in [6.07, 6.45) is -4.17. The van der Waals surface area contributed by atoms with Gasteiger partial charge in [-0.15, -0.1) is 0 Å². The van der Waals surface area contributed by atoms with E-state index in [-0.39, 0.29) is 25.5 Å². The lowest BCUT2D eigenvalue weighted by molar-refractivity contribution is -0.151. The highest BCUT2D eigenvalue weighted by Crippen LogP contribution is 2.17. The summed E-state index contributed by atoms with van der Waals surface area (Å²) in [6, 6.07) is 0. The lowest BCUT2D eigenvalue weighted by Crippen LogP contribution is -2.52. The second-order valence-corrected chi connectivity index (χ2v) is 4.44. The number of alkyl halides is 3. The van der Waals surface area contributed by atoms with Crippen molar-refractivity contribution in [3.8, 4) is 0 Å². The molecule has 0 aliphatic carbocycles. The number of carbonyl (C=O) groups excluding carboxylic acids is 1. The van der Waals surface area contributed by atoms with Gasteiger partial charge in [0.1, 0.15) is 0 Å². The fourth-order valence-electron chi connectivity index (χ4n) is 1.89. The van der Waals surface area contributed by atoms with Crippen LogP contribution in [0.25, 0.3) is 0 Å². The van der Waals surface area contributed by atoms with Crippen molar-refractivity contribution in [1.82, 2.24) is 15.1 Å². The largest absolute Gasteiger partial charge is 0.401 e. The minimum Gasteiger partial charge on any atom is -0.383 e. The Hall–Kier alpha value is -0.860. The molecule has 0 bridgehead atoms. The van der Waals surface area contributed by atoms with Crippen molar-refractivity contribution in [1.29, 1.82) is 0 Å². The molecule has 19 heavy (non-hydrogen) atoms. The number of rotatable bonds is 6. The van der Waals surface area contributed by atoms with Crippen LogP contribution in [0.15, 0.2) is 0 Å². The number of carbonyl (C=O) groups is 1. The number of hydrogen-bond donors (Lipinski definition) is 1. The lowest BCUT2D eigenvalue weighted by atomic mass is 10.3. The molecular formula is C11H20F3N3O2. The predicted octanol–water partition coefficient (Wildman–Crippen LogP) is -0.0711. The third-order valence-corrected chi connectivity index (χ3v) is 2.89. The van der Waals surface area contributed by atoms with Gasteiger partial charge in [-0.2, -0.15) is 13.2 Å². The van der Waals surface area contributed by atoms with E-state index in [0.717, 1.165) is 0 Å². The number of nitrogens with one attached hydrogen (secondary N) is 1. The second kappa shape index (κ2) is 7.66. The molecule has 1 aliphatic rings. The quantitative estimate of drug-likeness (QED) is 0.693. The Kier molecular flexibility index (Phi) is 6.53. The Bertz CT molecular complexity index is 279. The molecule has 0 aromatic heterocycles. The van der Waals surface area contributed by atoms with Gasteiger partial charge in [0, 0.05) is 39.8 Å². The number of nitrogens with zero attached hydrogens (tertiary/aromatic N) is 2. The molecule has 1 N–H and O–H groups in total. The average Bonchev–Trinajstić information content (AvgIpc) is 2.33. The van der Waals surface area contributed by atoms with E-state index >= 15 is 0 Å². The molecule has 1 heterocycles. The second-order valence-electron chi connectivity index (χ2n) is 4.44. The minimum atomic E-state index is -4.17. The smallest absolute Gasteiger partial charge is 0.383 e. The first-order valence-corrected chi connectivity index (χ1v) is 6.19. The summed E-state index contributed by atoms with van der Waals surface area (Å²) in [5.41, 5.74) is 0. The van der Waals surface area contributed by atoms with E-state index in [9.17, 15) is 18.0 Å². The number of ether oxygens (including phenoxy) is 1. The summed E-state index contributed by atoms with van der Waals surface area (Å²) in [7, 11) is 1.57. The molecule has 0 spiro atoms. The Morgan fingerprint density at radius 2 is 1.89 bits per heavy atom. The summed E-state index contributed by atoms with van der Waals surface area (Å²) in [5.74, 6) is -0.0808. The predicted molar refractivity (Wildman–Crippen MR) is 63.8 cm³/mol. The SMILES string of the molecule is COCCNCC(=O)N1CCN(CC(F)(F)F)CC1. The Morgan fingerprint density at radius 3 is 2.42 bits per heavy atom. The van der Waals surface area contributed by atoms with Crippen LogP contribution in [0.1, 0.15) is 0 Å². The van der Waals surface area contributed by atoms with Gasteiger partial charge in [0.05, 0.1) is 19.7 Å². The van der Waals surface area contributed by atoms with Crippen molar-refractivity contribution < 1.29 is 22.7 Å². The number of halogens is 3. The summed E-state index contributed by atoms with van der Waals surface area (Å²) < 4.78 is 41.4. The maximum Gasteiger partial charge on any atom is 0.401 e. The van der Waals surface area contributed by atoms with Crippen LogP contribution in [0.2, 0.25) is 0 Å². The zero-order chi connectivity index (χ0) is 14.3. The first kappa shape index (κ1) is 16.2. The van der Waals surface area contributed by atoms with Gasteiger partial charge in [-0.25, -0.2) is 0 Å². The van der Waals surface area contributed by atoms with Gasteiger partial charge < -0.3 is 15.0 Å². The molecule has 1 amide bonds. The zero-order valence-corrected chi connectivity index (χ0v) is 11.0. The number of hydrogen-bond acceptors (Lipinski definition) is 4. The van der Waals surface area contributed by atoms with Crippen LogP contribution in [-0.2, 0) is 9.53 Å². The van der Waals surface area contributed by atoms with Crippen LogP contribution in [0.4, 0.5) is 13.2 Å². The van der Waals surface area contributed by atoms with Gasteiger partial charge in [0.25, 0.3) is 0 Å². The molecule has 0 radical (unpaired) electrons. The molecule has 0 aromatic rings. The van der Waals surface area contributed by atoms with Crippen LogP contribution in [0.3, 0.4) is 0 Å². The van der Waals surface area contributed by atoms with Crippen LogP contribution in [0.5, 0.6) is 0 Å². The standard InChI is InChI=1S/C11H20F3N3O2/c1-19-7-2-15-8-10(18)17-5-3-16(4-6-17)9-11(12,13)14/h15H,2-9H2,1H3. The third-order valence-electron chi connectivity index (χ3n) is 2.89. The molecule has 8 heteroatoms. The maximum absolute atomic E-state index is 12.2. The summed E-state index contributed by atoms with van der Waals surface area (Å²) >= 11 is 0. The average molecular weight is 283 g/mol. The third kappa shape index (κ3) is 6.74. The van der Waals surface area contributed by atoms with E-state index in [0.29, 0.717) is 26.2 Å². The number of amides is 1. The molecule has 5 nitrogen and oxygen atoms in total. The van der Waals surface area contributed by atoms with Gasteiger partial charge in [-0.3, -0.25) is 9.69 Å². The van der Waals surface area contributed by atoms with Crippen LogP contribution >= 0.6 is 0 Å². The van der Waals surface area contributed by atoms with Crippen molar-refractivity contribution >= 4 is 5.91 Å². The number of piperazine rings is 1. The van der Waals surface area contributed by atoms with E-state index in [1.54, 1.807) is 12.0 Å². The maximum atomic E-state index is 12.2. The summed E-state index contributed by atoms with van der Waals surface area (Å²) in [4.78, 5) is 14.6. The highest BCUT2D eigenvalue weighted by molar-refractivity contribution is 5.78. The Labute approximate surface area is 110 Å². The molecule has 1 rings (SSSR count). The van der Waals surface area contributed by atoms with Crippen molar-refractivity contribution in [2.24, 2.45) is 0 Å². The highest BCUT2D eigenvalue weighted by atomic mass is 19.4. The number of methoxy groups -OCH3 is 1. The van der Waals surface area contributed by atoms with Gasteiger partial charge in [0.15, 0.2) is 0 Å². The van der Waals surface area contributed by atoms with E-state index in [4.69, 9.17) is 4.74 Å². The monoisotopic (exact) mass is 283 g/mol. The van der Waals surface area contributed by atoms with Crippen molar-refractivity contribution in [3.63, 3.8) is 0 Å². The van der Waals surface area contributed by atoms with Gasteiger partial charge in [0.2, 0.25) is 5.91 Å². The zero-order valence-electron chi connectivity index (χ0n) is 11.0. The molecule has 1 fully saturated rings. The van der Waals surface area contributed by atoms with Crippen LogP contribution in [-0.4, -0.2) is 81.4 Å². The van der Waals surface area contributed by atoms with E-state index < -0.39 is 12.7 Å². The highest BCUT2D eigenvalue weighted by Gasteiger charge is 2.32. The minimum absolute atomic E-state index is 0.0808. The van der Waals surface area contributed by atoms with E-state index in [1.165, 1.54) is 4.90 Å². The molecule has 0 saturated carbocycles. The molecule has 0 atom stereocenters. The first-order valence-electron chi connectivity index (χ1n) is 6.19. The van der Waals surface area contributed by atoms with Crippen molar-refractivity contribution in [3.05, 3.63) is 0 Å². The van der Waals surface area contributed by atoms with Crippen molar-refractivity contribution in [2.75, 3.05) is 59.5 Å². The fraction of sp³-hybridized carbons (Fsp3) is 0.909. The van der Waals surface area contributed by atoms with E-state index in [2.05, 4.69) is 5.32 Å². The van der Waals surface area contributed by atoms with Crippen LogP contribution in [0, 0.1) is 0 Å². The molecule has 1 aliphatic heterocycles. The summed E-state index contributed by atoms with van der Waals surface area (Å²) in [5, 5.41) is 2.92.